The molecule has 2 aromatic carbocycles. The van der Waals surface area contributed by atoms with Crippen LogP contribution in [0.3, 0.4) is 0 Å². The van der Waals surface area contributed by atoms with Crippen LogP contribution in [0.15, 0.2) is 60.7 Å². The molecular formula is C18H17NO. The van der Waals surface area contributed by atoms with Crippen LogP contribution in [0.1, 0.15) is 24.2 Å². The van der Waals surface area contributed by atoms with Crippen LogP contribution in [0.5, 0.6) is 0 Å². The molecule has 0 amide bonds. The highest BCUT2D eigenvalue weighted by atomic mass is 16.1. The molecule has 100 valence electrons. The maximum absolute atomic E-state index is 10.6. The number of para-hydroxylation sites is 1. The van der Waals surface area contributed by atoms with Gasteiger partial charge in [-0.15, -0.1) is 0 Å². The Balaban J connectivity index is 0.000000704. The van der Waals surface area contributed by atoms with Gasteiger partial charge in [-0.1, -0.05) is 62.4 Å². The lowest BCUT2D eigenvalue weighted by molar-refractivity contribution is 0.112. The van der Waals surface area contributed by atoms with Gasteiger partial charge in [0.05, 0.1) is 11.2 Å². The van der Waals surface area contributed by atoms with Gasteiger partial charge in [0.2, 0.25) is 0 Å². The number of carbonyl (C=O) groups excluding carboxylic acids is 1. The molecule has 3 rings (SSSR count). The van der Waals surface area contributed by atoms with Gasteiger partial charge in [-0.3, -0.25) is 4.79 Å². The van der Waals surface area contributed by atoms with Crippen molar-refractivity contribution in [2.75, 3.05) is 0 Å². The van der Waals surface area contributed by atoms with E-state index < -0.39 is 0 Å². The smallest absolute Gasteiger partial charge is 0.150 e. The third kappa shape index (κ3) is 2.91. The topological polar surface area (TPSA) is 30.0 Å². The zero-order valence-corrected chi connectivity index (χ0v) is 11.7. The Morgan fingerprint density at radius 3 is 2.25 bits per heavy atom. The lowest BCUT2D eigenvalue weighted by Crippen LogP contribution is -1.86. The molecule has 1 heterocycles. The van der Waals surface area contributed by atoms with Gasteiger partial charge >= 0.3 is 0 Å². The SMILES string of the molecule is CC.O=Cc1ccc(-c2ccc3ccccc3n2)cc1. The van der Waals surface area contributed by atoms with Crippen molar-refractivity contribution in [3.63, 3.8) is 0 Å². The van der Waals surface area contributed by atoms with E-state index in [-0.39, 0.29) is 0 Å². The van der Waals surface area contributed by atoms with Crippen LogP contribution < -0.4 is 0 Å². The number of pyridine rings is 1. The normalized spacial score (nSPS) is 9.70. The van der Waals surface area contributed by atoms with Gasteiger partial charge in [-0.05, 0) is 12.1 Å². The van der Waals surface area contributed by atoms with E-state index in [0.29, 0.717) is 5.56 Å². The quantitative estimate of drug-likeness (QED) is 0.625. The van der Waals surface area contributed by atoms with E-state index in [1.54, 1.807) is 12.1 Å². The number of hydrogen-bond donors (Lipinski definition) is 0. The summed E-state index contributed by atoms with van der Waals surface area (Å²) in [6.07, 6.45) is 0.845. The Bertz CT molecular complexity index is 702. The molecule has 0 fully saturated rings. The van der Waals surface area contributed by atoms with Crippen molar-refractivity contribution in [2.24, 2.45) is 0 Å². The van der Waals surface area contributed by atoms with E-state index in [1.807, 2.05) is 56.3 Å². The van der Waals surface area contributed by atoms with Gasteiger partial charge in [0, 0.05) is 16.5 Å². The molecule has 2 heteroatoms. The summed E-state index contributed by atoms with van der Waals surface area (Å²) in [5, 5.41) is 1.13. The minimum atomic E-state index is 0.680. The second kappa shape index (κ2) is 6.62. The Morgan fingerprint density at radius 1 is 0.850 bits per heavy atom. The molecule has 3 aromatic rings. The highest BCUT2D eigenvalue weighted by Gasteiger charge is 2.01. The minimum Gasteiger partial charge on any atom is -0.298 e. The summed E-state index contributed by atoms with van der Waals surface area (Å²) in [7, 11) is 0. The molecule has 0 bridgehead atoms. The first kappa shape index (κ1) is 13.9. The second-order valence-electron chi connectivity index (χ2n) is 4.13. The average Bonchev–Trinajstić information content (AvgIpc) is 2.56. The summed E-state index contributed by atoms with van der Waals surface area (Å²) in [6.45, 7) is 4.00. The molecule has 0 unspecified atom stereocenters. The van der Waals surface area contributed by atoms with Crippen molar-refractivity contribution < 1.29 is 4.79 Å². The Kier molecular flexibility index (Phi) is 4.61. The van der Waals surface area contributed by atoms with Crippen molar-refractivity contribution in [3.05, 3.63) is 66.2 Å². The largest absolute Gasteiger partial charge is 0.298 e. The van der Waals surface area contributed by atoms with Gasteiger partial charge in [0.25, 0.3) is 0 Å². The van der Waals surface area contributed by atoms with E-state index >= 15 is 0 Å². The van der Waals surface area contributed by atoms with Crippen LogP contribution in [-0.4, -0.2) is 11.3 Å². The van der Waals surface area contributed by atoms with Crippen molar-refractivity contribution in [2.45, 2.75) is 13.8 Å². The monoisotopic (exact) mass is 263 g/mol. The summed E-state index contributed by atoms with van der Waals surface area (Å²) in [6, 6.07) is 19.5. The molecule has 0 radical (unpaired) electrons. The fourth-order valence-corrected chi connectivity index (χ4v) is 1.96. The summed E-state index contributed by atoms with van der Waals surface area (Å²) in [5.41, 5.74) is 3.60. The van der Waals surface area contributed by atoms with Crippen LogP contribution in [0, 0.1) is 0 Å². The third-order valence-electron chi connectivity index (χ3n) is 2.94. The minimum absolute atomic E-state index is 0.680. The fraction of sp³-hybridized carbons (Fsp3) is 0.111. The average molecular weight is 263 g/mol. The zero-order chi connectivity index (χ0) is 14.4. The molecule has 2 nitrogen and oxygen atoms in total. The van der Waals surface area contributed by atoms with E-state index in [2.05, 4.69) is 11.1 Å². The van der Waals surface area contributed by atoms with Crippen LogP contribution in [0.25, 0.3) is 22.2 Å². The molecule has 0 aliphatic rings. The van der Waals surface area contributed by atoms with E-state index in [4.69, 9.17) is 0 Å². The Morgan fingerprint density at radius 2 is 1.55 bits per heavy atom. The van der Waals surface area contributed by atoms with Gasteiger partial charge in [0.15, 0.2) is 0 Å². The molecule has 0 atom stereocenters. The number of aldehydes is 1. The predicted octanol–water partition coefficient (Wildman–Crippen LogP) is 4.74. The summed E-state index contributed by atoms with van der Waals surface area (Å²) < 4.78 is 0. The molecule has 1 aromatic heterocycles. The van der Waals surface area contributed by atoms with Crippen LogP contribution in [-0.2, 0) is 0 Å². The first-order valence-electron chi connectivity index (χ1n) is 6.78. The van der Waals surface area contributed by atoms with Gasteiger partial charge in [-0.25, -0.2) is 4.98 Å². The van der Waals surface area contributed by atoms with Crippen molar-refractivity contribution >= 4 is 17.2 Å². The lowest BCUT2D eigenvalue weighted by atomic mass is 10.1. The maximum atomic E-state index is 10.6. The predicted molar refractivity (Wildman–Crippen MR) is 83.9 cm³/mol. The van der Waals surface area contributed by atoms with Crippen LogP contribution in [0.2, 0.25) is 0 Å². The standard InChI is InChI=1S/C16H11NO.C2H6/c18-11-12-5-7-14(8-6-12)16-10-9-13-3-1-2-4-15(13)17-16;1-2/h1-11H;1-2H3. The molecule has 20 heavy (non-hydrogen) atoms. The Labute approximate surface area is 119 Å². The van der Waals surface area contributed by atoms with Crippen molar-refractivity contribution in [3.8, 4) is 11.3 Å². The number of rotatable bonds is 2. The fourth-order valence-electron chi connectivity index (χ4n) is 1.96. The Hall–Kier alpha value is -2.48. The van der Waals surface area contributed by atoms with E-state index in [0.717, 1.165) is 28.4 Å². The number of fused-ring (bicyclic) bond motifs is 1. The van der Waals surface area contributed by atoms with E-state index in [9.17, 15) is 4.79 Å². The number of aromatic nitrogens is 1. The van der Waals surface area contributed by atoms with Gasteiger partial charge in [-0.2, -0.15) is 0 Å². The van der Waals surface area contributed by atoms with Gasteiger partial charge < -0.3 is 0 Å². The summed E-state index contributed by atoms with van der Waals surface area (Å²) in [4.78, 5) is 15.2. The molecule has 0 saturated heterocycles. The molecule has 0 N–H and O–H groups in total. The lowest BCUT2D eigenvalue weighted by Gasteiger charge is -2.03. The van der Waals surface area contributed by atoms with Crippen LogP contribution in [0.4, 0.5) is 0 Å². The number of nitrogens with zero attached hydrogens (tertiary/aromatic N) is 1. The van der Waals surface area contributed by atoms with Crippen molar-refractivity contribution in [1.82, 2.24) is 4.98 Å². The van der Waals surface area contributed by atoms with Crippen molar-refractivity contribution in [1.29, 1.82) is 0 Å². The number of hydrogen-bond acceptors (Lipinski definition) is 2. The maximum Gasteiger partial charge on any atom is 0.150 e. The van der Waals surface area contributed by atoms with Crippen LogP contribution >= 0.6 is 0 Å². The molecule has 0 saturated carbocycles. The first-order chi connectivity index (χ1) is 9.86. The number of benzene rings is 2. The first-order valence-corrected chi connectivity index (χ1v) is 6.78. The molecule has 0 spiro atoms. The molecule has 0 aliphatic heterocycles. The van der Waals surface area contributed by atoms with E-state index in [1.165, 1.54) is 0 Å². The molecule has 0 aliphatic carbocycles. The zero-order valence-electron chi connectivity index (χ0n) is 11.7. The third-order valence-corrected chi connectivity index (χ3v) is 2.94. The highest BCUT2D eigenvalue weighted by molar-refractivity contribution is 5.82. The highest BCUT2D eigenvalue weighted by Crippen LogP contribution is 2.20. The summed E-state index contributed by atoms with van der Waals surface area (Å²) >= 11 is 0. The number of carbonyl (C=O) groups is 1. The van der Waals surface area contributed by atoms with Gasteiger partial charge in [0.1, 0.15) is 6.29 Å². The molecular weight excluding hydrogens is 246 g/mol. The second-order valence-corrected chi connectivity index (χ2v) is 4.13. The summed E-state index contributed by atoms with van der Waals surface area (Å²) in [5.74, 6) is 0.